The van der Waals surface area contributed by atoms with Crippen molar-refractivity contribution in [2.45, 2.75) is 88.6 Å². The summed E-state index contributed by atoms with van der Waals surface area (Å²) in [5.41, 5.74) is 0. The van der Waals surface area contributed by atoms with Gasteiger partial charge in [-0.1, -0.05) is 46.0 Å². The largest absolute Gasteiger partial charge is 0.324 e. The zero-order chi connectivity index (χ0) is 15.3. The van der Waals surface area contributed by atoms with Gasteiger partial charge in [0.15, 0.2) is 0 Å². The number of hydrogen-bond acceptors (Lipinski definition) is 3. The highest BCUT2D eigenvalue weighted by Crippen LogP contribution is 2.41. The molecule has 2 atom stereocenters. The molecule has 0 aromatic heterocycles. The molecule has 0 aromatic rings. The summed E-state index contributed by atoms with van der Waals surface area (Å²) < 4.78 is 0.322. The van der Waals surface area contributed by atoms with Gasteiger partial charge in [-0.3, -0.25) is 10.1 Å². The Kier molecular flexibility index (Phi) is 6.42. The van der Waals surface area contributed by atoms with Gasteiger partial charge in [-0.15, -0.1) is 0 Å². The average Bonchev–Trinajstić information content (AvgIpc) is 3.06. The molecule has 122 valence electrons. The topological polar surface area (TPSA) is 32.3 Å². The van der Waals surface area contributed by atoms with Crippen molar-refractivity contribution in [1.82, 2.24) is 10.2 Å². The number of nitrogens with zero attached hydrogens (tertiary/aromatic N) is 1. The van der Waals surface area contributed by atoms with E-state index in [4.69, 9.17) is 0 Å². The summed E-state index contributed by atoms with van der Waals surface area (Å²) in [5, 5.41) is 3.61. The lowest BCUT2D eigenvalue weighted by atomic mass is 10.1. The van der Waals surface area contributed by atoms with Gasteiger partial charge in [-0.2, -0.15) is 11.8 Å². The van der Waals surface area contributed by atoms with Crippen LogP contribution in [0.2, 0.25) is 0 Å². The number of hydrogen-bond donors (Lipinski definition) is 1. The third kappa shape index (κ3) is 3.95. The third-order valence-electron chi connectivity index (χ3n) is 5.17. The first kappa shape index (κ1) is 17.1. The molecular formula is C17H32N2OS. The fourth-order valence-electron chi connectivity index (χ4n) is 3.82. The van der Waals surface area contributed by atoms with Gasteiger partial charge in [0.1, 0.15) is 0 Å². The van der Waals surface area contributed by atoms with Gasteiger partial charge >= 0.3 is 0 Å². The van der Waals surface area contributed by atoms with Crippen molar-refractivity contribution in [2.24, 2.45) is 0 Å². The van der Waals surface area contributed by atoms with Gasteiger partial charge < -0.3 is 4.90 Å². The van der Waals surface area contributed by atoms with Crippen molar-refractivity contribution in [1.29, 1.82) is 0 Å². The molecule has 1 saturated carbocycles. The maximum atomic E-state index is 12.8. The Hall–Kier alpha value is -0.220. The molecule has 0 aromatic carbocycles. The maximum Gasteiger partial charge on any atom is 0.241 e. The fourth-order valence-corrected chi connectivity index (χ4v) is 4.78. The summed E-state index contributed by atoms with van der Waals surface area (Å²) in [4.78, 5) is 15.0. The molecule has 2 aliphatic rings. The minimum Gasteiger partial charge on any atom is -0.324 e. The van der Waals surface area contributed by atoms with E-state index in [1.165, 1.54) is 32.1 Å². The van der Waals surface area contributed by atoms with E-state index >= 15 is 0 Å². The Morgan fingerprint density at radius 1 is 1.24 bits per heavy atom. The van der Waals surface area contributed by atoms with Crippen LogP contribution in [0.1, 0.15) is 71.6 Å². The second kappa shape index (κ2) is 7.87. The highest BCUT2D eigenvalue weighted by molar-refractivity contribution is 8.00. The smallest absolute Gasteiger partial charge is 0.241 e. The maximum absolute atomic E-state index is 12.8. The van der Waals surface area contributed by atoms with Crippen molar-refractivity contribution < 1.29 is 4.79 Å². The van der Waals surface area contributed by atoms with E-state index < -0.39 is 0 Å². The number of amides is 1. The van der Waals surface area contributed by atoms with Crippen LogP contribution in [0, 0.1) is 0 Å². The number of thioether (sulfide) groups is 1. The molecule has 1 heterocycles. The first-order chi connectivity index (χ1) is 10.2. The van der Waals surface area contributed by atoms with Gasteiger partial charge in [0, 0.05) is 11.3 Å². The molecule has 21 heavy (non-hydrogen) atoms. The summed E-state index contributed by atoms with van der Waals surface area (Å²) in [6.45, 7) is 5.36. The molecule has 1 aliphatic heterocycles. The van der Waals surface area contributed by atoms with Crippen LogP contribution in [0.4, 0.5) is 0 Å². The summed E-state index contributed by atoms with van der Waals surface area (Å²) in [6.07, 6.45) is 13.2. The Morgan fingerprint density at radius 2 is 1.95 bits per heavy atom. The van der Waals surface area contributed by atoms with Crippen molar-refractivity contribution in [3.05, 3.63) is 0 Å². The third-order valence-corrected chi connectivity index (χ3v) is 6.57. The molecule has 0 spiro atoms. The van der Waals surface area contributed by atoms with Crippen LogP contribution in [0.3, 0.4) is 0 Å². The van der Waals surface area contributed by atoms with Crippen molar-refractivity contribution in [3.8, 4) is 0 Å². The molecule has 1 amide bonds. The van der Waals surface area contributed by atoms with Crippen LogP contribution in [0.15, 0.2) is 0 Å². The zero-order valence-corrected chi connectivity index (χ0v) is 14.8. The molecule has 0 bridgehead atoms. The number of unbranched alkanes of at least 4 members (excludes halogenated alkanes) is 1. The van der Waals surface area contributed by atoms with Gasteiger partial charge in [-0.05, 0) is 31.9 Å². The summed E-state index contributed by atoms with van der Waals surface area (Å²) in [6, 6.07) is 0.0711. The highest BCUT2D eigenvalue weighted by Gasteiger charge is 2.43. The van der Waals surface area contributed by atoms with Gasteiger partial charge in [-0.25, -0.2) is 0 Å². The highest BCUT2D eigenvalue weighted by atomic mass is 32.2. The summed E-state index contributed by atoms with van der Waals surface area (Å²) in [5.74, 6) is 0.363. The minimum absolute atomic E-state index is 0.0711. The normalized spacial score (nSPS) is 28.5. The number of nitrogens with one attached hydrogen (secondary N) is 1. The molecule has 0 radical (unpaired) electrons. The predicted octanol–water partition coefficient (Wildman–Crippen LogP) is 3.78. The van der Waals surface area contributed by atoms with E-state index in [2.05, 4.69) is 30.3 Å². The molecule has 1 saturated heterocycles. The van der Waals surface area contributed by atoms with Gasteiger partial charge in [0.05, 0.1) is 12.2 Å². The van der Waals surface area contributed by atoms with Crippen molar-refractivity contribution in [2.75, 3.05) is 12.8 Å². The van der Waals surface area contributed by atoms with E-state index in [1.807, 2.05) is 11.8 Å². The minimum atomic E-state index is 0.0711. The SMILES string of the molecule is CCCCC1NC(CCC)N(CC2(SC)CCCC2)C1=O. The Balaban J connectivity index is 2.04. The second-order valence-corrected chi connectivity index (χ2v) is 8.00. The van der Waals surface area contributed by atoms with E-state index in [1.54, 1.807) is 0 Å². The fraction of sp³-hybridized carbons (Fsp3) is 0.941. The van der Waals surface area contributed by atoms with Crippen LogP contribution < -0.4 is 5.32 Å². The van der Waals surface area contributed by atoms with Crippen LogP contribution in [0.25, 0.3) is 0 Å². The second-order valence-electron chi connectivity index (χ2n) is 6.73. The lowest BCUT2D eigenvalue weighted by Gasteiger charge is -2.34. The van der Waals surface area contributed by atoms with Crippen LogP contribution in [-0.2, 0) is 4.79 Å². The summed E-state index contributed by atoms with van der Waals surface area (Å²) >= 11 is 1.99. The van der Waals surface area contributed by atoms with Gasteiger partial charge in [0.2, 0.25) is 5.91 Å². The Morgan fingerprint density at radius 3 is 2.52 bits per heavy atom. The van der Waals surface area contributed by atoms with Gasteiger partial charge in [0.25, 0.3) is 0 Å². The molecule has 2 unspecified atom stereocenters. The number of carbonyl (C=O) groups excluding carboxylic acids is 1. The number of carbonyl (C=O) groups is 1. The monoisotopic (exact) mass is 312 g/mol. The van der Waals surface area contributed by atoms with E-state index in [0.29, 0.717) is 10.7 Å². The van der Waals surface area contributed by atoms with Crippen molar-refractivity contribution in [3.63, 3.8) is 0 Å². The molecule has 2 rings (SSSR count). The molecule has 1 N–H and O–H groups in total. The molecule has 1 aliphatic carbocycles. The molecule has 4 heteroatoms. The molecular weight excluding hydrogens is 280 g/mol. The summed E-state index contributed by atoms with van der Waals surface area (Å²) in [7, 11) is 0. The quantitative estimate of drug-likeness (QED) is 0.740. The van der Waals surface area contributed by atoms with Crippen LogP contribution in [0.5, 0.6) is 0 Å². The Labute approximate surface area is 134 Å². The Bertz CT molecular complexity index is 342. The lowest BCUT2D eigenvalue weighted by Crippen LogP contribution is -2.45. The zero-order valence-electron chi connectivity index (χ0n) is 14.0. The van der Waals surface area contributed by atoms with Crippen LogP contribution in [-0.4, -0.2) is 40.6 Å². The first-order valence-electron chi connectivity index (χ1n) is 8.77. The van der Waals surface area contributed by atoms with E-state index in [0.717, 1.165) is 32.2 Å². The predicted molar refractivity (Wildman–Crippen MR) is 91.6 cm³/mol. The number of rotatable bonds is 8. The van der Waals surface area contributed by atoms with E-state index in [9.17, 15) is 4.79 Å². The molecule has 3 nitrogen and oxygen atoms in total. The standard InChI is InChI=1S/C17H32N2OS/c1-4-6-10-14-16(20)19(15(18-14)9-5-2)13-17(21-3)11-7-8-12-17/h14-15,18H,4-13H2,1-3H3. The van der Waals surface area contributed by atoms with E-state index in [-0.39, 0.29) is 12.2 Å². The first-order valence-corrected chi connectivity index (χ1v) is 10.00. The lowest BCUT2D eigenvalue weighted by molar-refractivity contribution is -0.130. The van der Waals surface area contributed by atoms with Crippen molar-refractivity contribution >= 4 is 17.7 Å². The average molecular weight is 313 g/mol. The molecule has 2 fully saturated rings. The van der Waals surface area contributed by atoms with Crippen LogP contribution >= 0.6 is 11.8 Å².